The van der Waals surface area contributed by atoms with Crippen molar-refractivity contribution >= 4 is 0 Å². The molecule has 1 aromatic rings. The second-order valence-corrected chi connectivity index (χ2v) is 7.41. The van der Waals surface area contributed by atoms with Crippen LogP contribution < -0.4 is 5.32 Å². The maximum Gasteiger partial charge on any atom is 0.0478 e. The highest BCUT2D eigenvalue weighted by Gasteiger charge is 2.30. The summed E-state index contributed by atoms with van der Waals surface area (Å²) in [5.41, 5.74) is 1.62. The van der Waals surface area contributed by atoms with Gasteiger partial charge in [-0.25, -0.2) is 0 Å². The summed E-state index contributed by atoms with van der Waals surface area (Å²) in [6, 6.07) is 12.0. The lowest BCUT2D eigenvalue weighted by atomic mass is 10.00. The van der Waals surface area contributed by atoms with E-state index in [0.717, 1.165) is 26.2 Å². The van der Waals surface area contributed by atoms with E-state index in [2.05, 4.69) is 80.2 Å². The second-order valence-electron chi connectivity index (χ2n) is 7.41. The van der Waals surface area contributed by atoms with E-state index in [1.54, 1.807) is 0 Å². The first-order valence-electron chi connectivity index (χ1n) is 8.11. The molecule has 0 radical (unpaired) electrons. The quantitative estimate of drug-likeness (QED) is 0.919. The third-order valence-corrected chi connectivity index (χ3v) is 4.30. The summed E-state index contributed by atoms with van der Waals surface area (Å²) in [5.74, 6) is 0. The second kappa shape index (κ2) is 6.91. The molecule has 0 aromatic heterocycles. The molecule has 2 unspecified atom stereocenters. The van der Waals surface area contributed by atoms with E-state index in [1.807, 2.05) is 0 Å². The molecule has 1 saturated heterocycles. The lowest BCUT2D eigenvalue weighted by Crippen LogP contribution is -2.54. The largest absolute Gasteiger partial charge is 0.311 e. The topological polar surface area (TPSA) is 18.5 Å². The summed E-state index contributed by atoms with van der Waals surface area (Å²) in [6.07, 6.45) is 0. The molecule has 1 aliphatic rings. The first kappa shape index (κ1) is 16.5. The smallest absolute Gasteiger partial charge is 0.0478 e. The number of nitrogens with zero attached hydrogens (tertiary/aromatic N) is 2. The van der Waals surface area contributed by atoms with Crippen LogP contribution in [-0.4, -0.2) is 54.6 Å². The first-order valence-corrected chi connectivity index (χ1v) is 8.11. The standard InChI is InChI=1S/C18H31N3/c1-15(13-19-18(2,3)4)21-12-11-20(5)14-17(21)16-9-7-6-8-10-16/h6-10,15,17,19H,11-14H2,1-5H3. The van der Waals surface area contributed by atoms with E-state index < -0.39 is 0 Å². The van der Waals surface area contributed by atoms with Crippen molar-refractivity contribution in [3.05, 3.63) is 35.9 Å². The fourth-order valence-corrected chi connectivity index (χ4v) is 3.00. The van der Waals surface area contributed by atoms with Gasteiger partial charge in [0.25, 0.3) is 0 Å². The highest BCUT2D eigenvalue weighted by Crippen LogP contribution is 2.26. The Labute approximate surface area is 130 Å². The van der Waals surface area contributed by atoms with Crippen molar-refractivity contribution in [3.63, 3.8) is 0 Å². The number of hydrogen-bond donors (Lipinski definition) is 1. The van der Waals surface area contributed by atoms with Crippen molar-refractivity contribution in [1.82, 2.24) is 15.1 Å². The van der Waals surface area contributed by atoms with Crippen molar-refractivity contribution in [2.45, 2.75) is 45.3 Å². The molecule has 1 heterocycles. The predicted octanol–water partition coefficient (Wildman–Crippen LogP) is 2.75. The zero-order chi connectivity index (χ0) is 15.5. The highest BCUT2D eigenvalue weighted by atomic mass is 15.3. The Hall–Kier alpha value is -0.900. The fourth-order valence-electron chi connectivity index (χ4n) is 3.00. The van der Waals surface area contributed by atoms with Crippen molar-refractivity contribution in [2.75, 3.05) is 33.2 Å². The van der Waals surface area contributed by atoms with Crippen molar-refractivity contribution in [3.8, 4) is 0 Å². The van der Waals surface area contributed by atoms with Crippen LogP contribution >= 0.6 is 0 Å². The molecule has 0 aliphatic carbocycles. The third-order valence-electron chi connectivity index (χ3n) is 4.30. The van der Waals surface area contributed by atoms with Gasteiger partial charge in [-0.15, -0.1) is 0 Å². The molecule has 0 saturated carbocycles. The molecule has 1 fully saturated rings. The summed E-state index contributed by atoms with van der Waals surface area (Å²) in [7, 11) is 2.23. The molecule has 118 valence electrons. The maximum absolute atomic E-state index is 3.65. The SMILES string of the molecule is CC(CNC(C)(C)C)N1CCN(C)CC1c1ccccc1. The van der Waals surface area contributed by atoms with E-state index in [9.17, 15) is 0 Å². The van der Waals surface area contributed by atoms with Crippen LogP contribution in [0.25, 0.3) is 0 Å². The van der Waals surface area contributed by atoms with Gasteiger partial charge >= 0.3 is 0 Å². The maximum atomic E-state index is 3.65. The van der Waals surface area contributed by atoms with E-state index in [4.69, 9.17) is 0 Å². The molecular formula is C18H31N3. The lowest BCUT2D eigenvalue weighted by molar-refractivity contribution is 0.0552. The number of hydrogen-bond acceptors (Lipinski definition) is 3. The average Bonchev–Trinajstić information content (AvgIpc) is 2.45. The number of nitrogens with one attached hydrogen (secondary N) is 1. The van der Waals surface area contributed by atoms with Gasteiger partial charge < -0.3 is 10.2 Å². The highest BCUT2D eigenvalue weighted by molar-refractivity contribution is 5.20. The molecule has 1 aromatic carbocycles. The van der Waals surface area contributed by atoms with E-state index >= 15 is 0 Å². The summed E-state index contributed by atoms with van der Waals surface area (Å²) >= 11 is 0. The normalized spacial score (nSPS) is 23.2. The Morgan fingerprint density at radius 2 is 1.86 bits per heavy atom. The predicted molar refractivity (Wildman–Crippen MR) is 90.6 cm³/mol. The molecule has 21 heavy (non-hydrogen) atoms. The van der Waals surface area contributed by atoms with Gasteiger partial charge in [0.1, 0.15) is 0 Å². The Bertz CT molecular complexity index is 424. The Balaban J connectivity index is 2.08. The number of rotatable bonds is 4. The molecular weight excluding hydrogens is 258 g/mol. The monoisotopic (exact) mass is 289 g/mol. The molecule has 2 rings (SSSR count). The zero-order valence-corrected chi connectivity index (χ0v) is 14.3. The van der Waals surface area contributed by atoms with Gasteiger partial charge in [-0.05, 0) is 40.3 Å². The van der Waals surface area contributed by atoms with Crippen LogP contribution in [0, 0.1) is 0 Å². The molecule has 2 atom stereocenters. The van der Waals surface area contributed by atoms with Crippen LogP contribution in [0.1, 0.15) is 39.3 Å². The van der Waals surface area contributed by atoms with Crippen LogP contribution in [0.3, 0.4) is 0 Å². The minimum Gasteiger partial charge on any atom is -0.311 e. The number of piperazine rings is 1. The van der Waals surface area contributed by atoms with Gasteiger partial charge in [0.2, 0.25) is 0 Å². The molecule has 0 spiro atoms. The van der Waals surface area contributed by atoms with Crippen LogP contribution in [0.4, 0.5) is 0 Å². The van der Waals surface area contributed by atoms with Gasteiger partial charge in [0, 0.05) is 43.8 Å². The number of likely N-dealkylation sites (N-methyl/N-ethyl adjacent to an activating group) is 1. The first-order chi connectivity index (χ1) is 9.87. The Kier molecular flexibility index (Phi) is 5.42. The fraction of sp³-hybridized carbons (Fsp3) is 0.667. The molecule has 1 N–H and O–H groups in total. The van der Waals surface area contributed by atoms with Crippen LogP contribution in [0.15, 0.2) is 30.3 Å². The van der Waals surface area contributed by atoms with Gasteiger partial charge in [0.05, 0.1) is 0 Å². The summed E-state index contributed by atoms with van der Waals surface area (Å²) < 4.78 is 0. The van der Waals surface area contributed by atoms with Crippen LogP contribution in [-0.2, 0) is 0 Å². The Morgan fingerprint density at radius 3 is 2.48 bits per heavy atom. The number of benzene rings is 1. The van der Waals surface area contributed by atoms with Gasteiger partial charge in [-0.2, -0.15) is 0 Å². The summed E-state index contributed by atoms with van der Waals surface area (Å²) in [4.78, 5) is 5.10. The minimum absolute atomic E-state index is 0.184. The molecule has 3 nitrogen and oxygen atoms in total. The molecule has 0 bridgehead atoms. The van der Waals surface area contributed by atoms with Crippen molar-refractivity contribution in [2.24, 2.45) is 0 Å². The average molecular weight is 289 g/mol. The van der Waals surface area contributed by atoms with Crippen LogP contribution in [0.5, 0.6) is 0 Å². The Morgan fingerprint density at radius 1 is 1.19 bits per heavy atom. The minimum atomic E-state index is 0.184. The van der Waals surface area contributed by atoms with Gasteiger partial charge in [0.15, 0.2) is 0 Å². The molecule has 0 amide bonds. The van der Waals surface area contributed by atoms with Crippen LogP contribution in [0.2, 0.25) is 0 Å². The zero-order valence-electron chi connectivity index (χ0n) is 14.3. The van der Waals surface area contributed by atoms with E-state index in [1.165, 1.54) is 5.56 Å². The van der Waals surface area contributed by atoms with Gasteiger partial charge in [-0.1, -0.05) is 30.3 Å². The summed E-state index contributed by atoms with van der Waals surface area (Å²) in [6.45, 7) is 13.5. The van der Waals surface area contributed by atoms with E-state index in [0.29, 0.717) is 12.1 Å². The van der Waals surface area contributed by atoms with Crippen molar-refractivity contribution in [1.29, 1.82) is 0 Å². The van der Waals surface area contributed by atoms with Crippen molar-refractivity contribution < 1.29 is 0 Å². The molecule has 1 aliphatic heterocycles. The van der Waals surface area contributed by atoms with E-state index in [-0.39, 0.29) is 5.54 Å². The third kappa shape index (κ3) is 4.80. The van der Waals surface area contributed by atoms with Gasteiger partial charge in [-0.3, -0.25) is 4.90 Å². The molecule has 3 heteroatoms. The lowest BCUT2D eigenvalue weighted by Gasteiger charge is -2.44. The summed E-state index contributed by atoms with van der Waals surface area (Å²) in [5, 5.41) is 3.65.